The number of thiazole rings is 1. The number of rotatable bonds is 10. The Hall–Kier alpha value is -4.95. The summed E-state index contributed by atoms with van der Waals surface area (Å²) in [6, 6.07) is 34.4. The van der Waals surface area contributed by atoms with Crippen LogP contribution in [0, 0.1) is 0 Å². The van der Waals surface area contributed by atoms with Gasteiger partial charge in [-0.2, -0.15) is 5.10 Å². The zero-order valence-electron chi connectivity index (χ0n) is 21.2. The molecule has 0 bridgehead atoms. The van der Waals surface area contributed by atoms with Gasteiger partial charge in [-0.3, -0.25) is 15.1 Å². The fraction of sp³-hybridized carbons (Fsp3) is 0.0645. The molecule has 0 unspecified atom stereocenters. The maximum atomic E-state index is 13.3. The van der Waals surface area contributed by atoms with Crippen molar-refractivity contribution >= 4 is 40.0 Å². The third kappa shape index (κ3) is 6.49. The van der Waals surface area contributed by atoms with Crippen LogP contribution >= 0.6 is 11.3 Å². The van der Waals surface area contributed by atoms with Crippen molar-refractivity contribution in [3.8, 4) is 22.8 Å². The highest BCUT2D eigenvalue weighted by molar-refractivity contribution is 7.14. The summed E-state index contributed by atoms with van der Waals surface area (Å²) in [7, 11) is 1.56. The van der Waals surface area contributed by atoms with Crippen LogP contribution in [0.3, 0.4) is 0 Å². The summed E-state index contributed by atoms with van der Waals surface area (Å²) in [6.45, 7) is -0.164. The van der Waals surface area contributed by atoms with Crippen molar-refractivity contribution in [1.29, 1.82) is 0 Å². The van der Waals surface area contributed by atoms with Crippen LogP contribution in [0.15, 0.2) is 120 Å². The van der Waals surface area contributed by atoms with Crippen molar-refractivity contribution in [2.45, 2.75) is 0 Å². The van der Waals surface area contributed by atoms with Gasteiger partial charge in [0.25, 0.3) is 5.91 Å². The number of hydrogen-bond donors (Lipinski definition) is 1. The van der Waals surface area contributed by atoms with Gasteiger partial charge in [0, 0.05) is 22.3 Å². The lowest BCUT2D eigenvalue weighted by Gasteiger charge is -2.23. The van der Waals surface area contributed by atoms with Crippen LogP contribution in [0.2, 0.25) is 0 Å². The predicted octanol–water partition coefficient (Wildman–Crippen LogP) is 7.01. The number of carbonyl (C=O) groups is 1. The predicted molar refractivity (Wildman–Crippen MR) is 157 cm³/mol. The number of hydrogen-bond acceptors (Lipinski definition) is 7. The van der Waals surface area contributed by atoms with Gasteiger partial charge < -0.3 is 9.47 Å². The summed E-state index contributed by atoms with van der Waals surface area (Å²) in [5.74, 6) is 0.755. The second-order valence-corrected chi connectivity index (χ2v) is 9.23. The minimum Gasteiger partial charge on any atom is -0.493 e. The molecule has 0 aliphatic heterocycles. The zero-order chi connectivity index (χ0) is 26.9. The fourth-order valence-corrected chi connectivity index (χ4v) is 4.58. The highest BCUT2D eigenvalue weighted by Gasteiger charge is 2.19. The highest BCUT2D eigenvalue weighted by atomic mass is 32.1. The van der Waals surface area contributed by atoms with E-state index in [9.17, 15) is 4.79 Å². The summed E-state index contributed by atoms with van der Waals surface area (Å²) in [5.41, 5.74) is 7.25. The van der Waals surface area contributed by atoms with Gasteiger partial charge in [0.05, 0.1) is 19.0 Å². The number of amides is 1. The maximum absolute atomic E-state index is 13.3. The van der Waals surface area contributed by atoms with Crippen LogP contribution < -0.4 is 19.8 Å². The van der Waals surface area contributed by atoms with E-state index in [4.69, 9.17) is 9.47 Å². The number of aromatic nitrogens is 1. The molecule has 0 aliphatic carbocycles. The summed E-state index contributed by atoms with van der Waals surface area (Å²) in [5, 5.41) is 6.98. The molecule has 194 valence electrons. The Balaban J connectivity index is 1.24. The molecule has 5 rings (SSSR count). The Morgan fingerprint density at radius 3 is 2.18 bits per heavy atom. The molecule has 0 radical (unpaired) electrons. The molecule has 8 heteroatoms. The molecule has 0 atom stereocenters. The Morgan fingerprint density at radius 2 is 1.54 bits per heavy atom. The van der Waals surface area contributed by atoms with Gasteiger partial charge in [-0.05, 0) is 48.0 Å². The van der Waals surface area contributed by atoms with Crippen molar-refractivity contribution in [2.75, 3.05) is 24.0 Å². The third-order valence-electron chi connectivity index (χ3n) is 5.76. The Bertz CT molecular complexity index is 1500. The van der Waals surface area contributed by atoms with Gasteiger partial charge in [0.15, 0.2) is 18.1 Å². The molecule has 1 heterocycles. The molecule has 0 saturated carbocycles. The maximum Gasteiger partial charge on any atom is 0.269 e. The van der Waals surface area contributed by atoms with E-state index in [-0.39, 0.29) is 12.5 Å². The van der Waals surface area contributed by atoms with E-state index in [2.05, 4.69) is 15.5 Å². The molecule has 1 aromatic heterocycles. The number of nitrogens with zero attached hydrogens (tertiary/aromatic N) is 3. The molecule has 1 N–H and O–H groups in total. The second kappa shape index (κ2) is 12.5. The van der Waals surface area contributed by atoms with Crippen molar-refractivity contribution in [3.05, 3.63) is 120 Å². The smallest absolute Gasteiger partial charge is 0.269 e. The minimum atomic E-state index is -0.206. The van der Waals surface area contributed by atoms with E-state index >= 15 is 0 Å². The fourth-order valence-electron chi connectivity index (χ4n) is 3.91. The largest absolute Gasteiger partial charge is 0.493 e. The van der Waals surface area contributed by atoms with E-state index in [0.29, 0.717) is 16.6 Å². The van der Waals surface area contributed by atoms with Crippen LogP contribution in [-0.4, -0.2) is 30.8 Å². The average molecular weight is 535 g/mol. The molecule has 39 heavy (non-hydrogen) atoms. The first-order valence-electron chi connectivity index (χ1n) is 12.2. The number of ether oxygens (including phenoxy) is 2. The molecule has 7 nitrogen and oxygen atoms in total. The summed E-state index contributed by atoms with van der Waals surface area (Å²) >= 11 is 1.48. The molecular weight excluding hydrogens is 508 g/mol. The lowest BCUT2D eigenvalue weighted by Crippen LogP contribution is -2.30. The Kier molecular flexibility index (Phi) is 8.25. The zero-order valence-corrected chi connectivity index (χ0v) is 22.0. The monoisotopic (exact) mass is 534 g/mol. The van der Waals surface area contributed by atoms with Gasteiger partial charge >= 0.3 is 0 Å². The first-order chi connectivity index (χ1) is 19.2. The molecule has 0 aliphatic rings. The summed E-state index contributed by atoms with van der Waals surface area (Å²) in [6.07, 6.45) is 1.67. The van der Waals surface area contributed by atoms with Crippen LogP contribution in [0.1, 0.15) is 5.56 Å². The topological polar surface area (TPSA) is 76.0 Å². The standard InChI is InChI=1S/C31H26N4O3S/c1-37-29-19-23(20-32-34-31-33-27(22-39-31)24-11-5-2-6-12-24)17-18-28(29)38-21-30(36)35(25-13-7-3-8-14-25)26-15-9-4-10-16-26/h2-20,22H,21H2,1H3,(H,33,34). The van der Waals surface area contributed by atoms with Crippen LogP contribution in [-0.2, 0) is 4.79 Å². The number of carbonyl (C=O) groups excluding carboxylic acids is 1. The average Bonchev–Trinajstić information content (AvgIpc) is 3.47. The molecule has 1 amide bonds. The quantitative estimate of drug-likeness (QED) is 0.154. The minimum absolute atomic E-state index is 0.164. The van der Waals surface area contributed by atoms with Gasteiger partial charge in [-0.15, -0.1) is 11.3 Å². The first-order valence-corrected chi connectivity index (χ1v) is 13.1. The summed E-state index contributed by atoms with van der Waals surface area (Å²) in [4.78, 5) is 19.5. The van der Waals surface area contributed by atoms with E-state index < -0.39 is 0 Å². The number of para-hydroxylation sites is 2. The lowest BCUT2D eigenvalue weighted by atomic mass is 10.2. The SMILES string of the molecule is COc1cc(C=NNc2nc(-c3ccccc3)cs2)ccc1OCC(=O)N(c1ccccc1)c1ccccc1. The van der Waals surface area contributed by atoms with Crippen LogP contribution in [0.5, 0.6) is 11.5 Å². The van der Waals surface area contributed by atoms with Crippen LogP contribution in [0.25, 0.3) is 11.3 Å². The van der Waals surface area contributed by atoms with Crippen molar-refractivity contribution in [1.82, 2.24) is 4.98 Å². The number of nitrogens with one attached hydrogen (secondary N) is 1. The molecular formula is C31H26N4O3S. The van der Waals surface area contributed by atoms with E-state index in [0.717, 1.165) is 28.2 Å². The summed E-state index contributed by atoms with van der Waals surface area (Å²) < 4.78 is 11.4. The van der Waals surface area contributed by atoms with E-state index in [1.165, 1.54) is 11.3 Å². The highest BCUT2D eigenvalue weighted by Crippen LogP contribution is 2.30. The van der Waals surface area contributed by atoms with E-state index in [1.54, 1.807) is 30.4 Å². The van der Waals surface area contributed by atoms with Crippen molar-refractivity contribution in [3.63, 3.8) is 0 Å². The number of anilines is 3. The Labute approximate surface area is 231 Å². The van der Waals surface area contributed by atoms with Gasteiger partial charge in [-0.1, -0.05) is 66.7 Å². The molecule has 0 fully saturated rings. The van der Waals surface area contributed by atoms with Crippen molar-refractivity contribution < 1.29 is 14.3 Å². The molecule has 0 spiro atoms. The third-order valence-corrected chi connectivity index (χ3v) is 6.51. The van der Waals surface area contributed by atoms with E-state index in [1.807, 2.05) is 102 Å². The number of hydrazone groups is 1. The molecule has 5 aromatic rings. The number of methoxy groups -OCH3 is 1. The van der Waals surface area contributed by atoms with Crippen LogP contribution in [0.4, 0.5) is 16.5 Å². The van der Waals surface area contributed by atoms with Crippen molar-refractivity contribution in [2.24, 2.45) is 5.10 Å². The number of benzene rings is 4. The van der Waals surface area contributed by atoms with Gasteiger partial charge in [0.2, 0.25) is 5.13 Å². The Morgan fingerprint density at radius 1 is 0.897 bits per heavy atom. The molecule has 0 saturated heterocycles. The molecule has 4 aromatic carbocycles. The normalized spacial score (nSPS) is 10.8. The second-order valence-electron chi connectivity index (χ2n) is 8.37. The van der Waals surface area contributed by atoms with Gasteiger partial charge in [0.1, 0.15) is 0 Å². The lowest BCUT2D eigenvalue weighted by molar-refractivity contribution is -0.119. The first kappa shape index (κ1) is 25.7. The van der Waals surface area contributed by atoms with Gasteiger partial charge in [-0.25, -0.2) is 4.98 Å².